The van der Waals surface area contributed by atoms with E-state index < -0.39 is 6.10 Å². The predicted octanol–water partition coefficient (Wildman–Crippen LogP) is 4.67. The quantitative estimate of drug-likeness (QED) is 0.584. The third kappa shape index (κ3) is 4.05. The zero-order valence-electron chi connectivity index (χ0n) is 16.1. The molecule has 3 aromatic rings. The van der Waals surface area contributed by atoms with Crippen LogP contribution in [0, 0.1) is 0 Å². The fourth-order valence-electron chi connectivity index (χ4n) is 3.12. The number of rotatable bonds is 6. The highest BCUT2D eigenvalue weighted by molar-refractivity contribution is 6.30. The van der Waals surface area contributed by atoms with Gasteiger partial charge in [0.2, 0.25) is 5.82 Å². The molecular weight excluding hydrogens is 394 g/mol. The van der Waals surface area contributed by atoms with E-state index in [4.69, 9.17) is 25.6 Å². The lowest BCUT2D eigenvalue weighted by molar-refractivity contribution is -0.121. The molecule has 0 unspecified atom stereocenters. The normalized spacial score (nSPS) is 14.3. The molecule has 2 aromatic carbocycles. The van der Waals surface area contributed by atoms with Crippen molar-refractivity contribution in [1.82, 2.24) is 10.1 Å². The molecule has 0 bridgehead atoms. The van der Waals surface area contributed by atoms with Crippen molar-refractivity contribution in [3.8, 4) is 22.9 Å². The summed E-state index contributed by atoms with van der Waals surface area (Å²) in [6.07, 6.45) is 0.397. The van der Waals surface area contributed by atoms with Crippen molar-refractivity contribution in [2.24, 2.45) is 0 Å². The largest absolute Gasteiger partial charge is 0.482 e. The maximum Gasteiger partial charge on any atom is 0.267 e. The standard InChI is InChI=1S/C21H20ClN3O4/c1-3-9-25-17-10-14(7-8-18(17)27-12-19(25)26)20-23-21(29-24-20)13(2)28-16-6-4-5-15(22)11-16/h4-8,10-11,13H,3,9,12H2,1-2H3/t13-/m1/s1. The zero-order chi connectivity index (χ0) is 20.4. The minimum absolute atomic E-state index is 0.0526. The predicted molar refractivity (Wildman–Crippen MR) is 108 cm³/mol. The molecule has 1 aliphatic heterocycles. The molecule has 0 radical (unpaired) electrons. The van der Waals surface area contributed by atoms with Gasteiger partial charge in [0.05, 0.1) is 5.69 Å². The van der Waals surface area contributed by atoms with Gasteiger partial charge in [0, 0.05) is 17.1 Å². The van der Waals surface area contributed by atoms with Crippen molar-refractivity contribution in [3.05, 3.63) is 53.4 Å². The van der Waals surface area contributed by atoms with Gasteiger partial charge in [-0.25, -0.2) is 0 Å². The molecular formula is C21H20ClN3O4. The fourth-order valence-corrected chi connectivity index (χ4v) is 3.30. The van der Waals surface area contributed by atoms with Crippen molar-refractivity contribution in [2.45, 2.75) is 26.4 Å². The Kier molecular flexibility index (Phi) is 5.40. The van der Waals surface area contributed by atoms with Crippen LogP contribution in [0.4, 0.5) is 5.69 Å². The van der Waals surface area contributed by atoms with Crippen molar-refractivity contribution in [1.29, 1.82) is 0 Å². The number of fused-ring (bicyclic) bond motifs is 1. The summed E-state index contributed by atoms with van der Waals surface area (Å²) in [7, 11) is 0. The Morgan fingerprint density at radius 2 is 2.14 bits per heavy atom. The highest BCUT2D eigenvalue weighted by Gasteiger charge is 2.26. The van der Waals surface area contributed by atoms with E-state index in [0.29, 0.717) is 34.8 Å². The number of hydrogen-bond acceptors (Lipinski definition) is 6. The van der Waals surface area contributed by atoms with Crippen LogP contribution in [-0.2, 0) is 4.79 Å². The molecule has 4 rings (SSSR count). The number of anilines is 1. The van der Waals surface area contributed by atoms with Crippen molar-refractivity contribution >= 4 is 23.2 Å². The first-order valence-corrected chi connectivity index (χ1v) is 9.76. The van der Waals surface area contributed by atoms with Gasteiger partial charge in [0.15, 0.2) is 12.7 Å². The third-order valence-electron chi connectivity index (χ3n) is 4.51. The highest BCUT2D eigenvalue weighted by atomic mass is 35.5. The summed E-state index contributed by atoms with van der Waals surface area (Å²) in [6.45, 7) is 4.53. The minimum Gasteiger partial charge on any atom is -0.482 e. The molecule has 1 aliphatic rings. The van der Waals surface area contributed by atoms with Crippen LogP contribution in [0.2, 0.25) is 5.02 Å². The number of nitrogens with zero attached hydrogens (tertiary/aromatic N) is 3. The zero-order valence-corrected chi connectivity index (χ0v) is 16.8. The number of carbonyl (C=O) groups excluding carboxylic acids is 1. The number of carbonyl (C=O) groups is 1. The topological polar surface area (TPSA) is 77.7 Å². The number of ether oxygens (including phenoxy) is 2. The summed E-state index contributed by atoms with van der Waals surface area (Å²) in [5.74, 6) is 1.98. The van der Waals surface area contributed by atoms with Crippen LogP contribution in [0.15, 0.2) is 47.0 Å². The average molecular weight is 414 g/mol. The average Bonchev–Trinajstić information content (AvgIpc) is 3.20. The van der Waals surface area contributed by atoms with Crippen LogP contribution in [0.5, 0.6) is 11.5 Å². The molecule has 29 heavy (non-hydrogen) atoms. The lowest BCUT2D eigenvalue weighted by Crippen LogP contribution is -2.39. The van der Waals surface area contributed by atoms with Crippen LogP contribution >= 0.6 is 11.6 Å². The van der Waals surface area contributed by atoms with Gasteiger partial charge < -0.3 is 18.9 Å². The van der Waals surface area contributed by atoms with E-state index in [1.165, 1.54) is 0 Å². The maximum atomic E-state index is 12.2. The summed E-state index contributed by atoms with van der Waals surface area (Å²) in [5.41, 5.74) is 1.45. The van der Waals surface area contributed by atoms with E-state index >= 15 is 0 Å². The van der Waals surface area contributed by atoms with Crippen LogP contribution < -0.4 is 14.4 Å². The van der Waals surface area contributed by atoms with Gasteiger partial charge >= 0.3 is 0 Å². The maximum absolute atomic E-state index is 12.2. The van der Waals surface area contributed by atoms with Crippen LogP contribution in [0.1, 0.15) is 32.3 Å². The molecule has 1 aromatic heterocycles. The molecule has 0 spiro atoms. The minimum atomic E-state index is -0.450. The molecule has 150 valence electrons. The first-order chi connectivity index (χ1) is 14.0. The van der Waals surface area contributed by atoms with Crippen LogP contribution in [-0.4, -0.2) is 29.2 Å². The van der Waals surface area contributed by atoms with E-state index in [0.717, 1.165) is 17.7 Å². The summed E-state index contributed by atoms with van der Waals surface area (Å²) in [6, 6.07) is 12.6. The van der Waals surface area contributed by atoms with E-state index in [2.05, 4.69) is 10.1 Å². The molecule has 0 saturated heterocycles. The van der Waals surface area contributed by atoms with Crippen molar-refractivity contribution in [3.63, 3.8) is 0 Å². The summed E-state index contributed by atoms with van der Waals surface area (Å²) < 4.78 is 16.8. The molecule has 0 aliphatic carbocycles. The van der Waals surface area contributed by atoms with Gasteiger partial charge in [0.25, 0.3) is 11.8 Å². The van der Waals surface area contributed by atoms with E-state index in [1.807, 2.05) is 44.2 Å². The molecule has 7 nitrogen and oxygen atoms in total. The Hall–Kier alpha value is -3.06. The first kappa shape index (κ1) is 19.3. The van der Waals surface area contributed by atoms with E-state index in [-0.39, 0.29) is 12.5 Å². The van der Waals surface area contributed by atoms with Crippen molar-refractivity contribution < 1.29 is 18.8 Å². The Balaban J connectivity index is 1.57. The van der Waals surface area contributed by atoms with Gasteiger partial charge in [-0.05, 0) is 49.7 Å². The SMILES string of the molecule is CCCN1C(=O)COc2ccc(-c3noc([C@@H](C)Oc4cccc(Cl)c4)n3)cc21. The Morgan fingerprint density at radius 3 is 2.93 bits per heavy atom. The molecule has 1 atom stereocenters. The molecule has 0 N–H and O–H groups in total. The second-order valence-electron chi connectivity index (χ2n) is 6.69. The highest BCUT2D eigenvalue weighted by Crippen LogP contribution is 2.36. The van der Waals surface area contributed by atoms with Gasteiger partial charge in [-0.2, -0.15) is 4.98 Å². The summed E-state index contributed by atoms with van der Waals surface area (Å²) in [4.78, 5) is 18.4. The second-order valence-corrected chi connectivity index (χ2v) is 7.13. The van der Waals surface area contributed by atoms with Gasteiger partial charge in [-0.1, -0.05) is 29.7 Å². The van der Waals surface area contributed by atoms with Gasteiger partial charge in [0.1, 0.15) is 11.5 Å². The Bertz CT molecular complexity index is 1040. The third-order valence-corrected chi connectivity index (χ3v) is 4.74. The van der Waals surface area contributed by atoms with E-state index in [1.54, 1.807) is 17.0 Å². The molecule has 0 fully saturated rings. The molecule has 1 amide bonds. The summed E-state index contributed by atoms with van der Waals surface area (Å²) >= 11 is 5.99. The Labute approximate surface area is 173 Å². The Morgan fingerprint density at radius 1 is 1.28 bits per heavy atom. The fraction of sp³-hybridized carbons (Fsp3) is 0.286. The molecule has 0 saturated carbocycles. The number of benzene rings is 2. The first-order valence-electron chi connectivity index (χ1n) is 9.38. The lowest BCUT2D eigenvalue weighted by Gasteiger charge is -2.29. The smallest absolute Gasteiger partial charge is 0.267 e. The van der Waals surface area contributed by atoms with Crippen molar-refractivity contribution in [2.75, 3.05) is 18.1 Å². The molecule has 8 heteroatoms. The monoisotopic (exact) mass is 413 g/mol. The number of halogens is 1. The number of aromatic nitrogens is 2. The van der Waals surface area contributed by atoms with E-state index in [9.17, 15) is 4.79 Å². The van der Waals surface area contributed by atoms with Crippen LogP contribution in [0.25, 0.3) is 11.4 Å². The number of hydrogen-bond donors (Lipinski definition) is 0. The number of amides is 1. The summed E-state index contributed by atoms with van der Waals surface area (Å²) in [5, 5.41) is 4.66. The molecule has 2 heterocycles. The van der Waals surface area contributed by atoms with Gasteiger partial charge in [-0.15, -0.1) is 0 Å². The second kappa shape index (κ2) is 8.13. The lowest BCUT2D eigenvalue weighted by atomic mass is 10.1. The van der Waals surface area contributed by atoms with Gasteiger partial charge in [-0.3, -0.25) is 4.79 Å². The van der Waals surface area contributed by atoms with Crippen LogP contribution in [0.3, 0.4) is 0 Å².